The summed E-state index contributed by atoms with van der Waals surface area (Å²) in [5.74, 6) is -0.473. The lowest BCUT2D eigenvalue weighted by Gasteiger charge is -2.11. The molecule has 0 aliphatic carbocycles. The van der Waals surface area contributed by atoms with Crippen molar-refractivity contribution in [3.8, 4) is 0 Å². The first-order valence-electron chi connectivity index (χ1n) is 4.93. The Labute approximate surface area is 97.9 Å². The highest BCUT2D eigenvalue weighted by Crippen LogP contribution is 2.12. The van der Waals surface area contributed by atoms with E-state index in [0.717, 1.165) is 0 Å². The topological polar surface area (TPSA) is 68.3 Å². The van der Waals surface area contributed by atoms with E-state index in [0.29, 0.717) is 0 Å². The molecule has 6 heteroatoms. The van der Waals surface area contributed by atoms with Gasteiger partial charge in [-0.05, 0) is 20.8 Å². The van der Waals surface area contributed by atoms with Crippen molar-refractivity contribution in [3.05, 3.63) is 24.3 Å². The molecule has 0 bridgehead atoms. The van der Waals surface area contributed by atoms with Crippen molar-refractivity contribution in [1.82, 2.24) is 0 Å². The number of rotatable bonds is 6. The first-order chi connectivity index (χ1) is 7.28. The summed E-state index contributed by atoms with van der Waals surface area (Å²) in [6.07, 6.45) is 6.06. The molecule has 0 saturated heterocycles. The van der Waals surface area contributed by atoms with E-state index >= 15 is 0 Å². The minimum absolute atomic E-state index is 0.236. The summed E-state index contributed by atoms with van der Waals surface area (Å²) in [5.41, 5.74) is 0. The van der Waals surface area contributed by atoms with Crippen molar-refractivity contribution in [2.45, 2.75) is 25.4 Å². The normalized spacial score (nSPS) is 14.2. The first kappa shape index (κ1) is 15.4. The molecule has 0 N–H and O–H groups in total. The highest BCUT2D eigenvalue weighted by Gasteiger charge is 2.31. The first-order valence-corrected chi connectivity index (χ1v) is 8.36. The molecule has 0 aromatic rings. The van der Waals surface area contributed by atoms with Crippen LogP contribution in [0.5, 0.6) is 0 Å². The largest absolute Gasteiger partial charge is 0.227 e. The molecule has 0 unspecified atom stereocenters. The number of hydrogen-bond acceptors (Lipinski definition) is 4. The minimum Gasteiger partial charge on any atom is -0.227 e. The standard InChI is InChI=1S/C10H18O4S2/c1-4-6-8-15(11,12)10(3)16(13,14)9-7-5-2/h4-7,10H,8-9H2,1-3H3/b6-4+,7-5+. The highest BCUT2D eigenvalue weighted by molar-refractivity contribution is 8.09. The molecule has 94 valence electrons. The molecule has 0 aliphatic heterocycles. The Balaban J connectivity index is 4.98. The van der Waals surface area contributed by atoms with Crippen LogP contribution >= 0.6 is 0 Å². The monoisotopic (exact) mass is 266 g/mol. The second-order valence-corrected chi connectivity index (χ2v) is 8.40. The fourth-order valence-electron chi connectivity index (χ4n) is 0.955. The van der Waals surface area contributed by atoms with Crippen LogP contribution in [0.25, 0.3) is 0 Å². The van der Waals surface area contributed by atoms with Crippen molar-refractivity contribution in [2.24, 2.45) is 0 Å². The maximum atomic E-state index is 11.6. The molecule has 0 aliphatic rings. The van der Waals surface area contributed by atoms with E-state index in [1.165, 1.54) is 19.1 Å². The van der Waals surface area contributed by atoms with Crippen LogP contribution in [0.2, 0.25) is 0 Å². The second-order valence-electron chi connectivity index (χ2n) is 3.36. The third kappa shape index (κ3) is 4.49. The van der Waals surface area contributed by atoms with Crippen LogP contribution in [0.4, 0.5) is 0 Å². The van der Waals surface area contributed by atoms with Crippen LogP contribution in [0.1, 0.15) is 20.8 Å². The molecular formula is C10H18O4S2. The maximum absolute atomic E-state index is 11.6. The van der Waals surface area contributed by atoms with Gasteiger partial charge in [0.25, 0.3) is 0 Å². The Bertz CT molecular complexity index is 411. The highest BCUT2D eigenvalue weighted by atomic mass is 32.3. The smallest absolute Gasteiger partial charge is 0.170 e. The molecular weight excluding hydrogens is 248 g/mol. The quantitative estimate of drug-likeness (QED) is 0.680. The fourth-order valence-corrected chi connectivity index (χ4v) is 4.68. The molecule has 0 rings (SSSR count). The summed E-state index contributed by atoms with van der Waals surface area (Å²) in [7, 11) is -7.24. The van der Waals surface area contributed by atoms with E-state index in [1.54, 1.807) is 26.0 Å². The van der Waals surface area contributed by atoms with Crippen molar-refractivity contribution in [1.29, 1.82) is 0 Å². The Morgan fingerprint density at radius 1 is 0.875 bits per heavy atom. The third-order valence-electron chi connectivity index (χ3n) is 2.14. The van der Waals surface area contributed by atoms with Crippen LogP contribution in [0, 0.1) is 0 Å². The van der Waals surface area contributed by atoms with Gasteiger partial charge < -0.3 is 0 Å². The summed E-state index contributed by atoms with van der Waals surface area (Å²) in [6, 6.07) is 0. The summed E-state index contributed by atoms with van der Waals surface area (Å²) >= 11 is 0. The Hall–Kier alpha value is -0.620. The second kappa shape index (κ2) is 6.20. The van der Waals surface area contributed by atoms with Crippen LogP contribution in [-0.4, -0.2) is 32.9 Å². The van der Waals surface area contributed by atoms with E-state index in [2.05, 4.69) is 0 Å². The van der Waals surface area contributed by atoms with Crippen LogP contribution in [-0.2, 0) is 19.7 Å². The number of sulfone groups is 2. The van der Waals surface area contributed by atoms with Gasteiger partial charge in [-0.1, -0.05) is 24.3 Å². The van der Waals surface area contributed by atoms with E-state index in [4.69, 9.17) is 0 Å². The molecule has 0 radical (unpaired) electrons. The van der Waals surface area contributed by atoms with Crippen molar-refractivity contribution in [3.63, 3.8) is 0 Å². The van der Waals surface area contributed by atoms with E-state index in [9.17, 15) is 16.8 Å². The molecule has 0 heterocycles. The van der Waals surface area contributed by atoms with Crippen molar-refractivity contribution >= 4 is 19.7 Å². The molecule has 0 atom stereocenters. The van der Waals surface area contributed by atoms with Gasteiger partial charge in [-0.15, -0.1) is 0 Å². The van der Waals surface area contributed by atoms with Gasteiger partial charge in [-0.25, -0.2) is 16.8 Å². The SMILES string of the molecule is C/C=C/CS(=O)(=O)C(C)S(=O)(=O)C/C=C/C. The Kier molecular flexibility index (Phi) is 5.96. The zero-order valence-electron chi connectivity index (χ0n) is 9.75. The summed E-state index contributed by atoms with van der Waals surface area (Å²) in [4.78, 5) is 0. The lowest BCUT2D eigenvalue weighted by Crippen LogP contribution is -2.30. The molecule has 0 saturated carbocycles. The fraction of sp³-hybridized carbons (Fsp3) is 0.600. The van der Waals surface area contributed by atoms with E-state index in [-0.39, 0.29) is 11.5 Å². The zero-order valence-corrected chi connectivity index (χ0v) is 11.4. The molecule has 0 aromatic heterocycles. The average Bonchev–Trinajstić information content (AvgIpc) is 2.22. The molecule has 4 nitrogen and oxygen atoms in total. The van der Waals surface area contributed by atoms with Gasteiger partial charge in [0.15, 0.2) is 24.3 Å². The molecule has 0 fully saturated rings. The Morgan fingerprint density at radius 2 is 1.19 bits per heavy atom. The lowest BCUT2D eigenvalue weighted by molar-refractivity contribution is 0.581. The molecule has 0 aromatic carbocycles. The van der Waals surface area contributed by atoms with Gasteiger partial charge in [-0.3, -0.25) is 0 Å². The van der Waals surface area contributed by atoms with E-state index in [1.807, 2.05) is 0 Å². The number of hydrogen-bond donors (Lipinski definition) is 0. The van der Waals surface area contributed by atoms with Crippen LogP contribution in [0.3, 0.4) is 0 Å². The predicted octanol–water partition coefficient (Wildman–Crippen LogP) is 1.31. The lowest BCUT2D eigenvalue weighted by atomic mass is 10.6. The zero-order chi connectivity index (χ0) is 12.8. The van der Waals surface area contributed by atoms with Gasteiger partial charge in [-0.2, -0.15) is 0 Å². The summed E-state index contributed by atoms with van der Waals surface area (Å²) in [6.45, 7) is 4.60. The number of allylic oxidation sites excluding steroid dienone is 2. The van der Waals surface area contributed by atoms with Gasteiger partial charge in [0, 0.05) is 0 Å². The van der Waals surface area contributed by atoms with Gasteiger partial charge in [0.1, 0.15) is 0 Å². The molecule has 0 spiro atoms. The third-order valence-corrected chi connectivity index (χ3v) is 7.24. The van der Waals surface area contributed by atoms with Crippen LogP contribution in [0.15, 0.2) is 24.3 Å². The van der Waals surface area contributed by atoms with Crippen LogP contribution < -0.4 is 0 Å². The Morgan fingerprint density at radius 3 is 1.44 bits per heavy atom. The van der Waals surface area contributed by atoms with E-state index < -0.39 is 24.3 Å². The predicted molar refractivity (Wildman–Crippen MR) is 66.7 cm³/mol. The maximum Gasteiger partial charge on any atom is 0.170 e. The molecule has 16 heavy (non-hydrogen) atoms. The minimum atomic E-state index is -3.62. The summed E-state index contributed by atoms with van der Waals surface area (Å²) < 4.78 is 45.2. The van der Waals surface area contributed by atoms with Gasteiger partial charge in [0.2, 0.25) is 0 Å². The van der Waals surface area contributed by atoms with Crippen molar-refractivity contribution < 1.29 is 16.8 Å². The summed E-state index contributed by atoms with van der Waals surface area (Å²) in [5, 5.41) is 0. The average molecular weight is 266 g/mol. The van der Waals surface area contributed by atoms with Crippen molar-refractivity contribution in [2.75, 3.05) is 11.5 Å². The molecule has 0 amide bonds. The van der Waals surface area contributed by atoms with Gasteiger partial charge in [0.05, 0.1) is 11.5 Å². The van der Waals surface area contributed by atoms with Gasteiger partial charge >= 0.3 is 0 Å².